The van der Waals surface area contributed by atoms with Crippen LogP contribution in [-0.4, -0.2) is 64.7 Å². The van der Waals surface area contributed by atoms with Gasteiger partial charge in [0.15, 0.2) is 0 Å². The first-order chi connectivity index (χ1) is 18.9. The van der Waals surface area contributed by atoms with E-state index in [1.807, 2.05) is 43.3 Å². The molecule has 0 spiro atoms. The van der Waals surface area contributed by atoms with E-state index in [1.54, 1.807) is 34.0 Å². The Bertz CT molecular complexity index is 1280. The van der Waals surface area contributed by atoms with Crippen LogP contribution in [0.1, 0.15) is 40.9 Å². The average Bonchev–Trinajstić information content (AvgIpc) is 3.34. The van der Waals surface area contributed by atoms with E-state index in [9.17, 15) is 14.4 Å². The molecule has 2 N–H and O–H groups in total. The lowest BCUT2D eigenvalue weighted by molar-refractivity contribution is -0.136. The van der Waals surface area contributed by atoms with Gasteiger partial charge in [0.2, 0.25) is 11.8 Å². The van der Waals surface area contributed by atoms with Gasteiger partial charge >= 0.3 is 0 Å². The number of ether oxygens (including phenoxy) is 1. The third-order valence-electron chi connectivity index (χ3n) is 6.61. The molecule has 39 heavy (non-hydrogen) atoms. The zero-order valence-corrected chi connectivity index (χ0v) is 22.8. The van der Waals surface area contributed by atoms with Gasteiger partial charge in [0.05, 0.1) is 18.2 Å². The highest BCUT2D eigenvalue weighted by atomic mass is 35.5. The minimum atomic E-state index is -0.389. The number of fused-ring (bicyclic) bond motifs is 1. The molecule has 1 atom stereocenters. The van der Waals surface area contributed by atoms with Crippen LogP contribution in [0.4, 0.5) is 0 Å². The Morgan fingerprint density at radius 2 is 1.95 bits per heavy atom. The van der Waals surface area contributed by atoms with Crippen molar-refractivity contribution in [1.82, 2.24) is 25.3 Å². The molecule has 2 heterocycles. The molecule has 4 rings (SSSR count). The summed E-state index contributed by atoms with van der Waals surface area (Å²) in [7, 11) is 0. The summed E-state index contributed by atoms with van der Waals surface area (Å²) in [4.78, 5) is 40.9. The number of aryl methyl sites for hydroxylation is 2. The fourth-order valence-electron chi connectivity index (χ4n) is 4.50. The molecule has 0 unspecified atom stereocenters. The van der Waals surface area contributed by atoms with Crippen molar-refractivity contribution < 1.29 is 19.1 Å². The van der Waals surface area contributed by atoms with Gasteiger partial charge in [-0.05, 0) is 56.0 Å². The highest BCUT2D eigenvalue weighted by molar-refractivity contribution is 6.31. The molecule has 1 aromatic heterocycles. The molecular formula is C29H34ClN5O4. The normalized spacial score (nSPS) is 17.2. The number of hydrogen-bond donors (Lipinski definition) is 2. The maximum Gasteiger partial charge on any atom is 0.255 e. The molecule has 0 aliphatic carbocycles. The first-order valence-electron chi connectivity index (χ1n) is 13.2. The van der Waals surface area contributed by atoms with Gasteiger partial charge in [-0.15, -0.1) is 0 Å². The molecule has 9 nitrogen and oxygen atoms in total. The summed E-state index contributed by atoms with van der Waals surface area (Å²) < 4.78 is 7.84. The quantitative estimate of drug-likeness (QED) is 0.506. The number of rotatable bonds is 5. The molecule has 2 aromatic carbocycles. The van der Waals surface area contributed by atoms with Gasteiger partial charge in [-0.3, -0.25) is 19.1 Å². The Kier molecular flexibility index (Phi) is 9.97. The SMILES string of the molecule is Cc1ccnn1CCC(=O)N1CCCCNC(=O)c2cc(Cl)ccc2OC[C@@H](Cc2ccccc2)NC(=O)C1. The van der Waals surface area contributed by atoms with Gasteiger partial charge in [0, 0.05) is 43.0 Å². The minimum absolute atomic E-state index is 0.0548. The van der Waals surface area contributed by atoms with Crippen LogP contribution in [0.3, 0.4) is 0 Å². The first kappa shape index (κ1) is 28.2. The number of aromatic nitrogens is 2. The molecular weight excluding hydrogens is 518 g/mol. The van der Waals surface area contributed by atoms with Crippen LogP contribution in [0.5, 0.6) is 5.75 Å². The highest BCUT2D eigenvalue weighted by Gasteiger charge is 2.22. The fraction of sp³-hybridized carbons (Fsp3) is 0.379. The Morgan fingerprint density at radius 1 is 1.13 bits per heavy atom. The number of benzene rings is 2. The number of carbonyl (C=O) groups is 3. The number of halogens is 1. The largest absolute Gasteiger partial charge is 0.491 e. The zero-order valence-electron chi connectivity index (χ0n) is 22.1. The van der Waals surface area contributed by atoms with Gasteiger partial charge in [0.25, 0.3) is 5.91 Å². The Labute approximate surface area is 233 Å². The van der Waals surface area contributed by atoms with Crippen LogP contribution >= 0.6 is 11.6 Å². The maximum atomic E-state index is 13.2. The number of hydrogen-bond acceptors (Lipinski definition) is 5. The summed E-state index contributed by atoms with van der Waals surface area (Å²) in [6.07, 6.45) is 3.73. The van der Waals surface area contributed by atoms with E-state index in [-0.39, 0.29) is 43.3 Å². The highest BCUT2D eigenvalue weighted by Crippen LogP contribution is 2.23. The standard InChI is InChI=1S/C29H34ClN5O4/c1-21-11-14-32-35(21)16-12-28(37)34-15-6-5-13-31-29(38)25-18-23(30)9-10-26(25)39-20-24(33-27(36)19-34)17-22-7-3-2-4-8-22/h2-4,7-11,14,18,24H,5-6,12-13,15-17,19-20H2,1H3,(H,31,38)(H,33,36)/t24-/m1/s1. The van der Waals surface area contributed by atoms with Crippen LogP contribution in [0.2, 0.25) is 5.02 Å². The maximum absolute atomic E-state index is 13.2. The summed E-state index contributed by atoms with van der Waals surface area (Å²) >= 11 is 6.17. The Morgan fingerprint density at radius 3 is 2.72 bits per heavy atom. The molecule has 10 heteroatoms. The van der Waals surface area contributed by atoms with E-state index >= 15 is 0 Å². The monoisotopic (exact) mass is 551 g/mol. The third kappa shape index (κ3) is 8.32. The van der Waals surface area contributed by atoms with Crippen molar-refractivity contribution in [3.05, 3.63) is 82.6 Å². The lowest BCUT2D eigenvalue weighted by atomic mass is 10.1. The Hall–Kier alpha value is -3.85. The summed E-state index contributed by atoms with van der Waals surface area (Å²) in [5.74, 6) is -0.270. The van der Waals surface area contributed by atoms with Crippen LogP contribution < -0.4 is 15.4 Å². The van der Waals surface area contributed by atoms with E-state index in [2.05, 4.69) is 15.7 Å². The number of nitrogens with one attached hydrogen (secondary N) is 2. The predicted molar refractivity (Wildman–Crippen MR) is 149 cm³/mol. The predicted octanol–water partition coefficient (Wildman–Crippen LogP) is 3.39. The summed E-state index contributed by atoms with van der Waals surface area (Å²) in [5.41, 5.74) is 2.34. The number of nitrogens with zero attached hydrogens (tertiary/aromatic N) is 3. The topological polar surface area (TPSA) is 106 Å². The van der Waals surface area contributed by atoms with Gasteiger partial charge < -0.3 is 20.3 Å². The lowest BCUT2D eigenvalue weighted by Gasteiger charge is -2.25. The average molecular weight is 552 g/mol. The molecule has 0 saturated carbocycles. The van der Waals surface area contributed by atoms with Gasteiger partial charge in [0.1, 0.15) is 12.4 Å². The number of amides is 3. The smallest absolute Gasteiger partial charge is 0.255 e. The minimum Gasteiger partial charge on any atom is -0.491 e. The van der Waals surface area contributed by atoms with Crippen molar-refractivity contribution in [3.8, 4) is 5.75 Å². The summed E-state index contributed by atoms with van der Waals surface area (Å²) in [6.45, 7) is 3.28. The Balaban J connectivity index is 1.51. The molecule has 3 amide bonds. The first-order valence-corrected chi connectivity index (χ1v) is 13.6. The van der Waals surface area contributed by atoms with E-state index in [0.29, 0.717) is 55.2 Å². The van der Waals surface area contributed by atoms with Gasteiger partial charge in [-0.2, -0.15) is 5.10 Å². The molecule has 0 bridgehead atoms. The lowest BCUT2D eigenvalue weighted by Crippen LogP contribution is -2.47. The van der Waals surface area contributed by atoms with Crippen molar-refractivity contribution in [2.45, 2.75) is 45.2 Å². The molecule has 0 saturated heterocycles. The van der Waals surface area contributed by atoms with E-state index in [1.165, 1.54) is 0 Å². The third-order valence-corrected chi connectivity index (χ3v) is 6.85. The second-order valence-corrected chi connectivity index (χ2v) is 10.1. The van der Waals surface area contributed by atoms with Crippen molar-refractivity contribution >= 4 is 29.3 Å². The van der Waals surface area contributed by atoms with Crippen LogP contribution in [0, 0.1) is 6.92 Å². The zero-order chi connectivity index (χ0) is 27.6. The van der Waals surface area contributed by atoms with Crippen molar-refractivity contribution in [2.24, 2.45) is 0 Å². The van der Waals surface area contributed by atoms with E-state index in [0.717, 1.165) is 11.3 Å². The van der Waals surface area contributed by atoms with Crippen molar-refractivity contribution in [3.63, 3.8) is 0 Å². The van der Waals surface area contributed by atoms with Crippen LogP contribution in [0.25, 0.3) is 0 Å². The van der Waals surface area contributed by atoms with Gasteiger partial charge in [-0.25, -0.2) is 0 Å². The van der Waals surface area contributed by atoms with Gasteiger partial charge in [-0.1, -0.05) is 41.9 Å². The second kappa shape index (κ2) is 13.8. The molecule has 0 fully saturated rings. The molecule has 0 radical (unpaired) electrons. The number of carbonyl (C=O) groups excluding carboxylic acids is 3. The van der Waals surface area contributed by atoms with Crippen LogP contribution in [-0.2, 0) is 22.6 Å². The molecule has 3 aromatic rings. The molecule has 1 aliphatic rings. The fourth-order valence-corrected chi connectivity index (χ4v) is 4.67. The van der Waals surface area contributed by atoms with Crippen molar-refractivity contribution in [1.29, 1.82) is 0 Å². The molecule has 206 valence electrons. The molecule has 1 aliphatic heterocycles. The van der Waals surface area contributed by atoms with E-state index in [4.69, 9.17) is 16.3 Å². The summed E-state index contributed by atoms with van der Waals surface area (Å²) in [6, 6.07) is 16.2. The summed E-state index contributed by atoms with van der Waals surface area (Å²) in [5, 5.41) is 10.6. The second-order valence-electron chi connectivity index (χ2n) is 9.63. The van der Waals surface area contributed by atoms with Crippen LogP contribution in [0.15, 0.2) is 60.8 Å². The van der Waals surface area contributed by atoms with E-state index < -0.39 is 0 Å². The van der Waals surface area contributed by atoms with Crippen molar-refractivity contribution in [2.75, 3.05) is 26.2 Å².